The molecular formula is C23H23N3O3S. The lowest BCUT2D eigenvalue weighted by molar-refractivity contribution is -0.115. The fourth-order valence-corrected chi connectivity index (χ4v) is 4.16. The van der Waals surface area contributed by atoms with Crippen LogP contribution in [0.1, 0.15) is 18.2 Å². The zero-order valence-electron chi connectivity index (χ0n) is 17.1. The summed E-state index contributed by atoms with van der Waals surface area (Å²) in [6.45, 7) is 2.14. The van der Waals surface area contributed by atoms with Crippen molar-refractivity contribution in [1.82, 2.24) is 9.38 Å². The molecule has 2 aromatic heterocycles. The highest BCUT2D eigenvalue weighted by molar-refractivity contribution is 7.15. The van der Waals surface area contributed by atoms with Gasteiger partial charge in [-0.1, -0.05) is 31.2 Å². The van der Waals surface area contributed by atoms with Crippen LogP contribution in [0.15, 0.2) is 54.0 Å². The number of benzene rings is 2. The smallest absolute Gasteiger partial charge is 0.230 e. The minimum atomic E-state index is -0.107. The number of rotatable bonds is 7. The van der Waals surface area contributed by atoms with Gasteiger partial charge in [0.25, 0.3) is 0 Å². The molecule has 0 unspecified atom stereocenters. The molecule has 0 aliphatic carbocycles. The van der Waals surface area contributed by atoms with Gasteiger partial charge in [-0.3, -0.25) is 9.20 Å². The Morgan fingerprint density at radius 1 is 1.10 bits per heavy atom. The van der Waals surface area contributed by atoms with Crippen molar-refractivity contribution in [2.45, 2.75) is 19.8 Å². The average Bonchev–Trinajstić information content (AvgIpc) is 3.35. The molecule has 4 rings (SSSR count). The lowest BCUT2D eigenvalue weighted by atomic mass is 10.1. The van der Waals surface area contributed by atoms with Gasteiger partial charge in [-0.25, -0.2) is 4.98 Å². The molecule has 0 atom stereocenters. The highest BCUT2D eigenvalue weighted by atomic mass is 32.1. The fraction of sp³-hybridized carbons (Fsp3) is 0.217. The molecule has 7 heteroatoms. The number of fused-ring (bicyclic) bond motifs is 1. The molecule has 4 aromatic rings. The van der Waals surface area contributed by atoms with Gasteiger partial charge >= 0.3 is 0 Å². The number of hydrogen-bond donors (Lipinski definition) is 1. The van der Waals surface area contributed by atoms with E-state index in [4.69, 9.17) is 14.5 Å². The van der Waals surface area contributed by atoms with Crippen LogP contribution in [0.25, 0.3) is 16.2 Å². The number of aromatic nitrogens is 2. The van der Waals surface area contributed by atoms with E-state index in [0.717, 1.165) is 28.3 Å². The Bertz CT molecular complexity index is 1180. The van der Waals surface area contributed by atoms with Crippen molar-refractivity contribution < 1.29 is 14.3 Å². The van der Waals surface area contributed by atoms with Crippen molar-refractivity contribution in [3.8, 4) is 22.8 Å². The van der Waals surface area contributed by atoms with E-state index in [1.807, 2.05) is 16.0 Å². The third-order valence-corrected chi connectivity index (χ3v) is 5.84. The highest BCUT2D eigenvalue weighted by Gasteiger charge is 2.14. The van der Waals surface area contributed by atoms with Crippen molar-refractivity contribution in [1.29, 1.82) is 0 Å². The predicted octanol–water partition coefficient (Wildman–Crippen LogP) is 4.82. The zero-order chi connectivity index (χ0) is 21.1. The Morgan fingerprint density at radius 3 is 2.57 bits per heavy atom. The molecular weight excluding hydrogens is 398 g/mol. The Morgan fingerprint density at radius 2 is 1.87 bits per heavy atom. The lowest BCUT2D eigenvalue weighted by Gasteiger charge is -2.10. The number of carbonyl (C=O) groups excluding carboxylic acids is 1. The first-order valence-electron chi connectivity index (χ1n) is 9.68. The SMILES string of the molecule is CCc1ccc(-c2cn3c(CC(=O)Nc4ccc(OC)c(OC)c4)csc3n2)cc1. The second-order valence-corrected chi connectivity index (χ2v) is 7.69. The van der Waals surface area contributed by atoms with Gasteiger partial charge in [0.15, 0.2) is 16.5 Å². The largest absolute Gasteiger partial charge is 0.493 e. The van der Waals surface area contributed by atoms with Gasteiger partial charge in [-0.15, -0.1) is 11.3 Å². The van der Waals surface area contributed by atoms with Crippen LogP contribution in [-0.2, 0) is 17.6 Å². The number of anilines is 1. The molecule has 0 bridgehead atoms. The number of nitrogens with zero attached hydrogens (tertiary/aromatic N) is 2. The van der Waals surface area contributed by atoms with Crippen LogP contribution >= 0.6 is 11.3 Å². The minimum Gasteiger partial charge on any atom is -0.493 e. The van der Waals surface area contributed by atoms with Crippen LogP contribution in [0, 0.1) is 0 Å². The molecule has 154 valence electrons. The minimum absolute atomic E-state index is 0.107. The number of carbonyl (C=O) groups is 1. The molecule has 30 heavy (non-hydrogen) atoms. The summed E-state index contributed by atoms with van der Waals surface area (Å²) in [6, 6.07) is 13.7. The molecule has 0 radical (unpaired) electrons. The second-order valence-electron chi connectivity index (χ2n) is 6.85. The molecule has 0 aliphatic rings. The van der Waals surface area contributed by atoms with Crippen LogP contribution < -0.4 is 14.8 Å². The molecule has 2 heterocycles. The normalized spacial score (nSPS) is 10.9. The van der Waals surface area contributed by atoms with Gasteiger partial charge in [-0.2, -0.15) is 0 Å². The summed E-state index contributed by atoms with van der Waals surface area (Å²) in [5.74, 6) is 1.08. The van der Waals surface area contributed by atoms with Gasteiger partial charge in [0.05, 0.1) is 26.3 Å². The summed E-state index contributed by atoms with van der Waals surface area (Å²) < 4.78 is 12.5. The molecule has 1 N–H and O–H groups in total. The van der Waals surface area contributed by atoms with Crippen molar-refractivity contribution in [2.75, 3.05) is 19.5 Å². The maximum Gasteiger partial charge on any atom is 0.230 e. The molecule has 0 fully saturated rings. The van der Waals surface area contributed by atoms with Gasteiger partial charge in [0, 0.05) is 34.6 Å². The van der Waals surface area contributed by atoms with Crippen molar-refractivity contribution in [3.05, 3.63) is 65.3 Å². The van der Waals surface area contributed by atoms with Crippen LogP contribution in [0.3, 0.4) is 0 Å². The first kappa shape index (κ1) is 20.0. The number of aryl methyl sites for hydroxylation is 1. The van der Waals surface area contributed by atoms with E-state index in [9.17, 15) is 4.79 Å². The molecule has 2 aromatic carbocycles. The monoisotopic (exact) mass is 421 g/mol. The Balaban J connectivity index is 1.51. The number of amides is 1. The van der Waals surface area contributed by atoms with Crippen molar-refractivity contribution in [3.63, 3.8) is 0 Å². The van der Waals surface area contributed by atoms with Crippen LogP contribution in [0.5, 0.6) is 11.5 Å². The van der Waals surface area contributed by atoms with Gasteiger partial charge in [0.1, 0.15) is 0 Å². The van der Waals surface area contributed by atoms with Gasteiger partial charge in [0.2, 0.25) is 5.91 Å². The lowest BCUT2D eigenvalue weighted by Crippen LogP contribution is -2.15. The fourth-order valence-electron chi connectivity index (χ4n) is 3.29. The van der Waals surface area contributed by atoms with Crippen LogP contribution in [0.2, 0.25) is 0 Å². The first-order valence-corrected chi connectivity index (χ1v) is 10.6. The quantitative estimate of drug-likeness (QED) is 0.464. The number of imidazole rings is 1. The number of nitrogens with one attached hydrogen (secondary N) is 1. The summed E-state index contributed by atoms with van der Waals surface area (Å²) in [7, 11) is 3.15. The van der Waals surface area contributed by atoms with E-state index >= 15 is 0 Å². The molecule has 0 aliphatic heterocycles. The van der Waals surface area contributed by atoms with E-state index in [0.29, 0.717) is 17.2 Å². The van der Waals surface area contributed by atoms with Crippen molar-refractivity contribution in [2.24, 2.45) is 0 Å². The Hall–Kier alpha value is -3.32. The van der Waals surface area contributed by atoms with E-state index in [-0.39, 0.29) is 12.3 Å². The van der Waals surface area contributed by atoms with Crippen molar-refractivity contribution >= 4 is 27.9 Å². The van der Waals surface area contributed by atoms with Crippen LogP contribution in [-0.4, -0.2) is 29.5 Å². The Kier molecular flexibility index (Phi) is 5.72. The molecule has 0 spiro atoms. The predicted molar refractivity (Wildman–Crippen MR) is 120 cm³/mol. The second kappa shape index (κ2) is 8.59. The summed E-state index contributed by atoms with van der Waals surface area (Å²) in [5, 5.41) is 4.89. The summed E-state index contributed by atoms with van der Waals surface area (Å²) >= 11 is 1.53. The third kappa shape index (κ3) is 4.02. The van der Waals surface area contributed by atoms with E-state index in [1.54, 1.807) is 32.4 Å². The first-order chi connectivity index (χ1) is 14.6. The number of ether oxygens (including phenoxy) is 2. The highest BCUT2D eigenvalue weighted by Crippen LogP contribution is 2.30. The summed E-state index contributed by atoms with van der Waals surface area (Å²) in [5.41, 5.74) is 4.84. The number of hydrogen-bond acceptors (Lipinski definition) is 5. The Labute approximate surface area is 179 Å². The summed E-state index contributed by atoms with van der Waals surface area (Å²) in [4.78, 5) is 18.2. The molecule has 0 saturated heterocycles. The van der Waals surface area contributed by atoms with E-state index in [1.165, 1.54) is 16.9 Å². The van der Waals surface area contributed by atoms with E-state index in [2.05, 4.69) is 36.5 Å². The standard InChI is InChI=1S/C23H23N3O3S/c1-4-15-5-7-16(8-6-15)19-13-26-18(14-30-23(26)25-19)12-22(27)24-17-9-10-20(28-2)21(11-17)29-3/h5-11,13-14H,4,12H2,1-3H3,(H,24,27). The van der Waals surface area contributed by atoms with E-state index < -0.39 is 0 Å². The van der Waals surface area contributed by atoms with Crippen LogP contribution in [0.4, 0.5) is 5.69 Å². The topological polar surface area (TPSA) is 64.9 Å². The zero-order valence-corrected chi connectivity index (χ0v) is 18.0. The molecule has 0 saturated carbocycles. The summed E-state index contributed by atoms with van der Waals surface area (Å²) in [6.07, 6.45) is 3.25. The maximum atomic E-state index is 12.6. The van der Waals surface area contributed by atoms with Gasteiger partial charge < -0.3 is 14.8 Å². The molecule has 1 amide bonds. The molecule has 6 nitrogen and oxygen atoms in total. The number of thiazole rings is 1. The average molecular weight is 422 g/mol. The maximum absolute atomic E-state index is 12.6. The third-order valence-electron chi connectivity index (χ3n) is 4.95. The van der Waals surface area contributed by atoms with Gasteiger partial charge in [-0.05, 0) is 24.1 Å². The number of methoxy groups -OCH3 is 2.